The van der Waals surface area contributed by atoms with E-state index in [4.69, 9.17) is 12.6 Å². The molecule has 0 aliphatic heterocycles. The molecule has 2 atom stereocenters. The number of fused-ring (bicyclic) bond motifs is 1. The Bertz CT molecular complexity index is 1560. The van der Waals surface area contributed by atoms with Crippen LogP contribution in [0.1, 0.15) is 104 Å². The van der Waals surface area contributed by atoms with Crippen LogP contribution in [0.25, 0.3) is 5.65 Å². The molecule has 0 radical (unpaired) electrons. The Morgan fingerprint density at radius 1 is 1.20 bits per heavy atom. The van der Waals surface area contributed by atoms with Gasteiger partial charge < -0.3 is 11.1 Å². The van der Waals surface area contributed by atoms with Gasteiger partial charge in [-0.2, -0.15) is 10.2 Å². The number of imidazole rings is 1. The summed E-state index contributed by atoms with van der Waals surface area (Å²) in [5, 5.41) is 11.4. The summed E-state index contributed by atoms with van der Waals surface area (Å²) in [6.07, 6.45) is 0.494. The van der Waals surface area contributed by atoms with Gasteiger partial charge in [0.25, 0.3) is 5.91 Å². The van der Waals surface area contributed by atoms with Crippen LogP contribution < -0.4 is 11.1 Å². The van der Waals surface area contributed by atoms with E-state index in [-0.39, 0.29) is 30.9 Å². The minimum Gasteiger partial charge on any atom is -0.364 e. The molecule has 3 heterocycles. The van der Waals surface area contributed by atoms with E-state index in [1.807, 2.05) is 0 Å². The molecule has 0 spiro atoms. The Hall–Kier alpha value is -3.51. The normalized spacial score (nSPS) is 21.7. The molecule has 40 heavy (non-hydrogen) atoms. The molecule has 2 amide bonds. The molecular weight excluding hydrogens is 530 g/mol. The molecular formula is C27H33F4N7O2. The Labute approximate surface area is 235 Å². The number of primary amides is 1. The van der Waals surface area contributed by atoms with Crippen molar-refractivity contribution in [2.45, 2.75) is 89.0 Å². The molecule has 3 N–H and O–H groups in total. The van der Waals surface area contributed by atoms with Gasteiger partial charge in [-0.3, -0.25) is 14.3 Å². The molecule has 0 aromatic carbocycles. The van der Waals surface area contributed by atoms with Crippen LogP contribution in [0.2, 0.25) is 0 Å². The van der Waals surface area contributed by atoms with Crippen LogP contribution >= 0.6 is 0 Å². The van der Waals surface area contributed by atoms with E-state index in [1.165, 1.54) is 16.8 Å². The first-order valence-corrected chi connectivity index (χ1v) is 13.2. The summed E-state index contributed by atoms with van der Waals surface area (Å²) in [5.74, 6) is -5.75. The van der Waals surface area contributed by atoms with Gasteiger partial charge in [0, 0.05) is 42.2 Å². The maximum atomic E-state index is 14.2. The van der Waals surface area contributed by atoms with Gasteiger partial charge in [0.1, 0.15) is 5.69 Å². The van der Waals surface area contributed by atoms with E-state index in [0.29, 0.717) is 21.6 Å². The number of halogens is 4. The van der Waals surface area contributed by atoms with Crippen molar-refractivity contribution in [2.75, 3.05) is 0 Å². The van der Waals surface area contributed by atoms with Crippen molar-refractivity contribution in [2.24, 2.45) is 17.6 Å². The lowest BCUT2D eigenvalue weighted by molar-refractivity contribution is -0.122. The topological polar surface area (TPSA) is 120 Å². The summed E-state index contributed by atoms with van der Waals surface area (Å²) in [6.45, 7) is -6.34. The van der Waals surface area contributed by atoms with Crippen molar-refractivity contribution < 1.29 is 34.0 Å². The molecule has 3 aromatic rings. The number of hydrogen-bond donors (Lipinski definition) is 2. The van der Waals surface area contributed by atoms with Gasteiger partial charge in [-0.05, 0) is 62.1 Å². The van der Waals surface area contributed by atoms with Crippen molar-refractivity contribution in [3.8, 4) is 0 Å². The molecule has 0 saturated heterocycles. The lowest BCUT2D eigenvalue weighted by atomic mass is 9.76. The monoisotopic (exact) mass is 568 g/mol. The molecule has 13 heteroatoms. The summed E-state index contributed by atoms with van der Waals surface area (Å²) in [6, 6.07) is 2.38. The largest absolute Gasteiger partial charge is 0.364 e. The molecule has 2 aliphatic carbocycles. The van der Waals surface area contributed by atoms with Crippen LogP contribution in [0.15, 0.2) is 24.5 Å². The number of carbonyl (C=O) groups excluding carboxylic acids is 2. The van der Waals surface area contributed by atoms with Crippen LogP contribution in [0, 0.1) is 11.8 Å². The lowest BCUT2D eigenvalue weighted by Crippen LogP contribution is -2.30. The van der Waals surface area contributed by atoms with E-state index >= 15 is 0 Å². The third-order valence-electron chi connectivity index (χ3n) is 7.68. The molecule has 9 nitrogen and oxygen atoms in total. The minimum atomic E-state index is -3.22. The van der Waals surface area contributed by atoms with Crippen LogP contribution in [0.5, 0.6) is 0 Å². The number of alkyl halides is 4. The molecule has 5 rings (SSSR count). The first-order chi connectivity index (χ1) is 21.0. The Morgan fingerprint density at radius 3 is 2.60 bits per heavy atom. The average molecular weight is 569 g/mol. The Morgan fingerprint density at radius 2 is 1.95 bits per heavy atom. The summed E-state index contributed by atoms with van der Waals surface area (Å²) in [7, 11) is 0. The van der Waals surface area contributed by atoms with Crippen LogP contribution in [0.3, 0.4) is 0 Å². The fourth-order valence-electron chi connectivity index (χ4n) is 5.46. The third kappa shape index (κ3) is 6.12. The summed E-state index contributed by atoms with van der Waals surface area (Å²) >= 11 is 0. The fraction of sp³-hybridized carbons (Fsp3) is 0.593. The quantitative estimate of drug-likeness (QED) is 0.327. The number of hydrogen-bond acceptors (Lipinski definition) is 5. The standard InChI is InChI=1S/C27H33F4N7O2/c1-2-37-20(26(32)40)12-18(36-37)24(15-7-9-27(30,31)10-8-15)19-14-38-22(34-19)11-17(13-33-38)25(16-3-4-16)35-23(39)6-5-21(28)29/h11-16,21,24-25H,2-10H2,1H3,(H2,32,40)(H,35,39)/t24-,25-/m1/s1/i1D3,2D2. The Balaban J connectivity index is 1.54. The first-order valence-electron chi connectivity index (χ1n) is 15.7. The van der Waals surface area contributed by atoms with Gasteiger partial charge in [0.15, 0.2) is 5.65 Å². The van der Waals surface area contributed by atoms with Crippen molar-refractivity contribution in [1.29, 1.82) is 0 Å². The van der Waals surface area contributed by atoms with Gasteiger partial charge >= 0.3 is 0 Å². The number of nitrogens with one attached hydrogen (secondary N) is 1. The first kappa shape index (κ1) is 22.2. The SMILES string of the molecule is [2H]C([2H])([2H])C([2H])([2H])n1nc([C@H](c2cn3ncc([C@H](NC(=O)CCC(F)F)C4CC4)cc3n2)C2CCC(F)(F)CC2)cc1C(N)=O. The average Bonchev–Trinajstić information content (AvgIpc) is 3.54. The second kappa shape index (κ2) is 11.2. The van der Waals surface area contributed by atoms with E-state index in [0.717, 1.165) is 12.8 Å². The predicted molar refractivity (Wildman–Crippen MR) is 137 cm³/mol. The molecule has 2 fully saturated rings. The summed E-state index contributed by atoms with van der Waals surface area (Å²) in [5.41, 5.74) is 6.26. The molecule has 216 valence electrons. The number of rotatable bonds is 11. The fourth-order valence-corrected chi connectivity index (χ4v) is 5.46. The molecule has 0 unspecified atom stereocenters. The van der Waals surface area contributed by atoms with Crippen molar-refractivity contribution >= 4 is 17.5 Å². The van der Waals surface area contributed by atoms with Gasteiger partial charge in [0.05, 0.1) is 32.6 Å². The number of nitrogens with two attached hydrogens (primary N) is 1. The maximum Gasteiger partial charge on any atom is 0.266 e. The van der Waals surface area contributed by atoms with Gasteiger partial charge in [-0.1, -0.05) is 0 Å². The number of nitrogens with zero attached hydrogens (tertiary/aromatic N) is 5. The van der Waals surface area contributed by atoms with Gasteiger partial charge in [-0.25, -0.2) is 27.1 Å². The second-order valence-electron chi connectivity index (χ2n) is 10.6. The zero-order chi connectivity index (χ0) is 32.9. The molecule has 3 aromatic heterocycles. The van der Waals surface area contributed by atoms with E-state index in [2.05, 4.69) is 20.5 Å². The molecule has 0 bridgehead atoms. The highest BCUT2D eigenvalue weighted by molar-refractivity contribution is 5.91. The predicted octanol–water partition coefficient (Wildman–Crippen LogP) is 4.61. The summed E-state index contributed by atoms with van der Waals surface area (Å²) < 4.78 is 94.8. The zero-order valence-corrected chi connectivity index (χ0v) is 21.5. The van der Waals surface area contributed by atoms with Crippen molar-refractivity contribution in [3.63, 3.8) is 0 Å². The number of aryl methyl sites for hydroxylation is 1. The number of amides is 2. The van der Waals surface area contributed by atoms with E-state index in [1.54, 1.807) is 12.3 Å². The Kier molecular flexibility index (Phi) is 6.20. The third-order valence-corrected chi connectivity index (χ3v) is 7.68. The van der Waals surface area contributed by atoms with Gasteiger partial charge in [0.2, 0.25) is 18.3 Å². The molecule has 2 saturated carbocycles. The lowest BCUT2D eigenvalue weighted by Gasteiger charge is -2.32. The van der Waals surface area contributed by atoms with Crippen LogP contribution in [-0.4, -0.2) is 48.5 Å². The minimum absolute atomic E-state index is 0.0397. The van der Waals surface area contributed by atoms with Crippen LogP contribution in [0.4, 0.5) is 17.6 Å². The highest BCUT2D eigenvalue weighted by Gasteiger charge is 2.40. The number of aromatic nitrogens is 5. The van der Waals surface area contributed by atoms with Crippen molar-refractivity contribution in [3.05, 3.63) is 47.2 Å². The van der Waals surface area contributed by atoms with E-state index in [9.17, 15) is 27.2 Å². The maximum absolute atomic E-state index is 14.2. The van der Waals surface area contributed by atoms with Crippen LogP contribution in [-0.2, 0) is 11.3 Å². The highest BCUT2D eigenvalue weighted by atomic mass is 19.3. The smallest absolute Gasteiger partial charge is 0.266 e. The number of carbonyl (C=O) groups is 2. The summed E-state index contributed by atoms with van der Waals surface area (Å²) in [4.78, 5) is 29.4. The molecule has 2 aliphatic rings. The van der Waals surface area contributed by atoms with E-state index < -0.39 is 80.3 Å². The zero-order valence-electron chi connectivity index (χ0n) is 26.5. The highest BCUT2D eigenvalue weighted by Crippen LogP contribution is 2.45. The van der Waals surface area contributed by atoms with Crippen molar-refractivity contribution in [1.82, 2.24) is 29.7 Å². The second-order valence-corrected chi connectivity index (χ2v) is 10.6. The van der Waals surface area contributed by atoms with Gasteiger partial charge in [-0.15, -0.1) is 0 Å².